The molecule has 0 heterocycles. The van der Waals surface area contributed by atoms with Crippen LogP contribution in [0.25, 0.3) is 0 Å². The molecule has 0 aliphatic rings. The van der Waals surface area contributed by atoms with Crippen LogP contribution in [0.2, 0.25) is 0 Å². The minimum Gasteiger partial charge on any atom is -0.273 e. The lowest BCUT2D eigenvalue weighted by Gasteiger charge is -2.08. The number of benzene rings is 2. The zero-order valence-electron chi connectivity index (χ0n) is 12.5. The van der Waals surface area contributed by atoms with E-state index in [0.29, 0.717) is 6.42 Å². The number of nitrogens with zero attached hydrogens (tertiary/aromatic N) is 1. The van der Waals surface area contributed by atoms with E-state index in [1.165, 1.54) is 18.2 Å². The zero-order valence-corrected chi connectivity index (χ0v) is 14.1. The maximum absolute atomic E-state index is 11.9. The molecular weight excluding hydrogens is 378 g/mol. The number of nitro benzene ring substituents is 1. The van der Waals surface area contributed by atoms with E-state index < -0.39 is 10.8 Å². The lowest BCUT2D eigenvalue weighted by molar-refractivity contribution is -0.384. The number of aryl methyl sites for hydroxylation is 1. The van der Waals surface area contributed by atoms with Crippen molar-refractivity contribution in [3.63, 3.8) is 0 Å². The van der Waals surface area contributed by atoms with E-state index in [1.807, 2.05) is 24.3 Å². The molecule has 2 rings (SSSR count). The predicted molar refractivity (Wildman–Crippen MR) is 91.2 cm³/mol. The van der Waals surface area contributed by atoms with Crippen molar-refractivity contribution in [1.29, 1.82) is 0 Å². The van der Waals surface area contributed by atoms with Crippen LogP contribution in [0.3, 0.4) is 0 Å². The van der Waals surface area contributed by atoms with Gasteiger partial charge < -0.3 is 0 Å². The van der Waals surface area contributed by atoms with Crippen molar-refractivity contribution < 1.29 is 14.5 Å². The van der Waals surface area contributed by atoms with Crippen LogP contribution in [0.15, 0.2) is 53.0 Å². The summed E-state index contributed by atoms with van der Waals surface area (Å²) in [5.74, 6) is -0.975. The number of hydrogen-bond donors (Lipinski definition) is 2. The smallest absolute Gasteiger partial charge is 0.270 e. The Bertz CT molecular complexity index is 779. The molecule has 0 fully saturated rings. The van der Waals surface area contributed by atoms with Gasteiger partial charge in [-0.2, -0.15) is 0 Å². The fraction of sp³-hybridized carbons (Fsp3) is 0.125. The van der Waals surface area contributed by atoms with Gasteiger partial charge in [0.25, 0.3) is 11.6 Å². The van der Waals surface area contributed by atoms with Gasteiger partial charge in [-0.3, -0.25) is 30.6 Å². The van der Waals surface area contributed by atoms with Crippen LogP contribution in [0.4, 0.5) is 5.69 Å². The van der Waals surface area contributed by atoms with Crippen molar-refractivity contribution in [1.82, 2.24) is 10.9 Å². The van der Waals surface area contributed by atoms with E-state index in [0.717, 1.165) is 16.1 Å². The van der Waals surface area contributed by atoms with E-state index in [4.69, 9.17) is 0 Å². The Labute approximate surface area is 146 Å². The lowest BCUT2D eigenvalue weighted by atomic mass is 10.1. The molecule has 0 aliphatic heterocycles. The minimum absolute atomic E-state index is 0.0929. The Morgan fingerprint density at radius 1 is 1.08 bits per heavy atom. The van der Waals surface area contributed by atoms with Gasteiger partial charge in [-0.05, 0) is 24.1 Å². The summed E-state index contributed by atoms with van der Waals surface area (Å²) in [7, 11) is 0. The molecule has 0 unspecified atom stereocenters. The van der Waals surface area contributed by atoms with Crippen LogP contribution in [0.1, 0.15) is 22.3 Å². The minimum atomic E-state index is -0.618. The van der Waals surface area contributed by atoms with E-state index >= 15 is 0 Å². The Balaban J connectivity index is 1.85. The van der Waals surface area contributed by atoms with Crippen molar-refractivity contribution >= 4 is 33.4 Å². The first kappa shape index (κ1) is 17.6. The summed E-state index contributed by atoms with van der Waals surface area (Å²) in [6.45, 7) is 0. The monoisotopic (exact) mass is 391 g/mol. The number of hydrazine groups is 1. The van der Waals surface area contributed by atoms with Crippen LogP contribution < -0.4 is 10.9 Å². The number of carbonyl (C=O) groups is 2. The molecule has 8 heteroatoms. The molecule has 2 N–H and O–H groups in total. The van der Waals surface area contributed by atoms with Gasteiger partial charge in [0.15, 0.2) is 0 Å². The lowest BCUT2D eigenvalue weighted by Crippen LogP contribution is -2.41. The SMILES string of the molecule is O=C(CCc1ccccc1Br)NNC(=O)c1cccc([N+](=O)[O-])c1. The number of hydrogen-bond acceptors (Lipinski definition) is 4. The average Bonchev–Trinajstić information content (AvgIpc) is 2.59. The summed E-state index contributed by atoms with van der Waals surface area (Å²) >= 11 is 3.40. The molecular formula is C16H14BrN3O4. The average molecular weight is 392 g/mol. The maximum Gasteiger partial charge on any atom is 0.270 e. The number of nitrogens with one attached hydrogen (secondary N) is 2. The third-order valence-electron chi connectivity index (χ3n) is 3.21. The molecule has 2 amide bonds. The third-order valence-corrected chi connectivity index (χ3v) is 3.99. The van der Waals surface area contributed by atoms with Gasteiger partial charge in [-0.25, -0.2) is 0 Å². The van der Waals surface area contributed by atoms with Crippen molar-refractivity contribution in [2.45, 2.75) is 12.8 Å². The van der Waals surface area contributed by atoms with Gasteiger partial charge in [0.2, 0.25) is 5.91 Å². The van der Waals surface area contributed by atoms with Crippen LogP contribution in [0.5, 0.6) is 0 Å². The fourth-order valence-electron chi connectivity index (χ4n) is 1.97. The number of rotatable bonds is 5. The molecule has 0 saturated carbocycles. The Kier molecular flexibility index (Phi) is 6.02. The second-order valence-electron chi connectivity index (χ2n) is 4.90. The molecule has 0 saturated heterocycles. The second-order valence-corrected chi connectivity index (χ2v) is 5.76. The highest BCUT2D eigenvalue weighted by atomic mass is 79.9. The van der Waals surface area contributed by atoms with E-state index in [9.17, 15) is 19.7 Å². The Morgan fingerprint density at radius 2 is 1.83 bits per heavy atom. The largest absolute Gasteiger partial charge is 0.273 e. The molecule has 0 spiro atoms. The summed E-state index contributed by atoms with van der Waals surface area (Å²) < 4.78 is 0.915. The number of halogens is 1. The summed E-state index contributed by atoms with van der Waals surface area (Å²) in [5.41, 5.74) is 5.42. The van der Waals surface area contributed by atoms with Gasteiger partial charge in [-0.15, -0.1) is 0 Å². The highest BCUT2D eigenvalue weighted by molar-refractivity contribution is 9.10. The molecule has 0 bridgehead atoms. The third kappa shape index (κ3) is 4.88. The molecule has 124 valence electrons. The first-order valence-electron chi connectivity index (χ1n) is 7.04. The van der Waals surface area contributed by atoms with Crippen molar-refractivity contribution in [2.24, 2.45) is 0 Å². The van der Waals surface area contributed by atoms with Crippen molar-refractivity contribution in [3.05, 3.63) is 74.2 Å². The van der Waals surface area contributed by atoms with Crippen LogP contribution >= 0.6 is 15.9 Å². The number of non-ortho nitro benzene ring substituents is 1. The summed E-state index contributed by atoms with van der Waals surface area (Å²) in [5, 5.41) is 10.7. The topological polar surface area (TPSA) is 101 Å². The Hall–Kier alpha value is -2.74. The van der Waals surface area contributed by atoms with Gasteiger partial charge >= 0.3 is 0 Å². The molecule has 0 atom stereocenters. The molecule has 2 aromatic carbocycles. The van der Waals surface area contributed by atoms with E-state index in [2.05, 4.69) is 26.8 Å². The van der Waals surface area contributed by atoms with E-state index in [1.54, 1.807) is 0 Å². The normalized spacial score (nSPS) is 10.0. The Morgan fingerprint density at radius 3 is 2.54 bits per heavy atom. The molecule has 0 radical (unpaired) electrons. The van der Waals surface area contributed by atoms with Crippen molar-refractivity contribution in [2.75, 3.05) is 0 Å². The van der Waals surface area contributed by atoms with Gasteiger partial charge in [0, 0.05) is 28.6 Å². The van der Waals surface area contributed by atoms with Gasteiger partial charge in [0.1, 0.15) is 0 Å². The molecule has 24 heavy (non-hydrogen) atoms. The second kappa shape index (κ2) is 8.21. The number of carbonyl (C=O) groups excluding carboxylic acids is 2. The summed E-state index contributed by atoms with van der Waals surface area (Å²) in [6, 6.07) is 12.8. The molecule has 7 nitrogen and oxygen atoms in total. The highest BCUT2D eigenvalue weighted by Gasteiger charge is 2.12. The first-order chi connectivity index (χ1) is 11.5. The van der Waals surface area contributed by atoms with Gasteiger partial charge in [-0.1, -0.05) is 40.2 Å². The zero-order chi connectivity index (χ0) is 17.5. The standard InChI is InChI=1S/C16H14BrN3O4/c17-14-7-2-1-4-11(14)8-9-15(21)18-19-16(22)12-5-3-6-13(10-12)20(23)24/h1-7,10H,8-9H2,(H,18,21)(H,19,22). The first-order valence-corrected chi connectivity index (χ1v) is 7.83. The number of nitro groups is 1. The predicted octanol–water partition coefficient (Wildman–Crippen LogP) is 2.75. The molecule has 2 aromatic rings. The van der Waals surface area contributed by atoms with Crippen LogP contribution in [0, 0.1) is 10.1 Å². The number of amides is 2. The van der Waals surface area contributed by atoms with Crippen LogP contribution in [-0.4, -0.2) is 16.7 Å². The van der Waals surface area contributed by atoms with E-state index in [-0.39, 0.29) is 23.6 Å². The van der Waals surface area contributed by atoms with Crippen LogP contribution in [-0.2, 0) is 11.2 Å². The highest BCUT2D eigenvalue weighted by Crippen LogP contribution is 2.17. The summed E-state index contributed by atoms with van der Waals surface area (Å²) in [6.07, 6.45) is 0.706. The fourth-order valence-corrected chi connectivity index (χ4v) is 2.45. The van der Waals surface area contributed by atoms with Gasteiger partial charge in [0.05, 0.1) is 4.92 Å². The van der Waals surface area contributed by atoms with Crippen molar-refractivity contribution in [3.8, 4) is 0 Å². The quantitative estimate of drug-likeness (QED) is 0.604. The molecule has 0 aromatic heterocycles. The molecule has 0 aliphatic carbocycles. The maximum atomic E-state index is 11.9. The summed E-state index contributed by atoms with van der Waals surface area (Å²) in [4.78, 5) is 33.8.